The highest BCUT2D eigenvalue weighted by atomic mass is 16.8. The number of hydrogen-bond donors (Lipinski definition) is 14. The second-order valence-electron chi connectivity index (χ2n) is 29.3. The summed E-state index contributed by atoms with van der Waals surface area (Å²) in [6.45, 7) is 2.25. The van der Waals surface area contributed by atoms with Crippen LogP contribution < -0.4 is 10.6 Å². The second-order valence-corrected chi connectivity index (χ2v) is 29.3. The summed E-state index contributed by atoms with van der Waals surface area (Å²) >= 11 is 0. The topological polar surface area (TPSA) is 373 Å². The molecule has 18 unspecified atom stereocenters. The molecule has 23 nitrogen and oxygen atoms in total. The van der Waals surface area contributed by atoms with E-state index in [9.17, 15) is 75.7 Å². The van der Waals surface area contributed by atoms with Crippen LogP contribution in [0.5, 0.6) is 0 Å². The quantitative estimate of drug-likeness (QED) is 0.0199. The van der Waals surface area contributed by atoms with Crippen LogP contribution in [-0.2, 0) is 42.8 Å². The Morgan fingerprint density at radius 3 is 1.35 bits per heavy atom. The lowest BCUT2D eigenvalue weighted by atomic mass is 9.88. The molecule has 14 N–H and O–H groups in total. The Labute approximate surface area is 601 Å². The van der Waals surface area contributed by atoms with Gasteiger partial charge in [-0.1, -0.05) is 276 Å². The highest BCUT2D eigenvalue weighted by Gasteiger charge is 2.60. The van der Waals surface area contributed by atoms with Crippen LogP contribution >= 0.6 is 0 Å². The number of nitrogens with one attached hydrogen (secondary N) is 2. The zero-order valence-corrected chi connectivity index (χ0v) is 62.1. The number of aliphatic carboxylic acids is 1. The van der Waals surface area contributed by atoms with Gasteiger partial charge in [0.15, 0.2) is 12.6 Å². The summed E-state index contributed by atoms with van der Waals surface area (Å²) in [6, 6.07) is -2.53. The van der Waals surface area contributed by atoms with Crippen molar-refractivity contribution < 1.29 is 104 Å². The number of hydrogen-bond acceptors (Lipinski definition) is 20. The predicted molar refractivity (Wildman–Crippen MR) is 385 cm³/mol. The van der Waals surface area contributed by atoms with E-state index in [1.165, 1.54) is 218 Å². The zero-order chi connectivity index (χ0) is 73.2. The monoisotopic (exact) mass is 1430 g/mol. The molecule has 3 rings (SSSR count). The lowest BCUT2D eigenvalue weighted by Gasteiger charge is -2.50. The summed E-state index contributed by atoms with van der Waals surface area (Å²) in [5, 5.41) is 136. The number of carbonyl (C=O) groups is 3. The second kappa shape index (κ2) is 56.8. The summed E-state index contributed by atoms with van der Waals surface area (Å²) < 4.78 is 34.9. The number of unbranched alkanes of at least 4 members (excludes halogenated alkanes) is 41. The van der Waals surface area contributed by atoms with E-state index in [0.29, 0.717) is 19.3 Å². The fraction of sp³-hybridized carbons (Fsp3) is 0.935. The number of aliphatic hydroxyl groups excluding tert-OH is 11. The van der Waals surface area contributed by atoms with Gasteiger partial charge in [-0.25, -0.2) is 4.79 Å². The predicted octanol–water partition coefficient (Wildman–Crippen LogP) is 10.2. The number of aliphatic hydroxyl groups is 11. The highest BCUT2D eigenvalue weighted by molar-refractivity contribution is 5.77. The number of allylic oxidation sites excluding steroid dienone is 2. The molecule has 18 atom stereocenters. The largest absolute Gasteiger partial charge is 0.477 e. The number of ether oxygens (including phenoxy) is 6. The fourth-order valence-corrected chi connectivity index (χ4v) is 14.1. The molecule has 0 aromatic rings. The van der Waals surface area contributed by atoms with Gasteiger partial charge in [-0.15, -0.1) is 0 Å². The van der Waals surface area contributed by atoms with Crippen LogP contribution in [0.4, 0.5) is 0 Å². The van der Waals surface area contributed by atoms with Crippen LogP contribution in [-0.4, -0.2) is 215 Å². The maximum atomic E-state index is 13.5. The minimum atomic E-state index is -3.08. The first-order valence-electron chi connectivity index (χ1n) is 40.0. The summed E-state index contributed by atoms with van der Waals surface area (Å²) in [5.41, 5.74) is 0. The Morgan fingerprint density at radius 1 is 0.510 bits per heavy atom. The van der Waals surface area contributed by atoms with Gasteiger partial charge >= 0.3 is 5.97 Å². The molecule has 0 bridgehead atoms. The summed E-state index contributed by atoms with van der Waals surface area (Å²) in [6.07, 6.45) is 30.7. The van der Waals surface area contributed by atoms with Gasteiger partial charge in [0.2, 0.25) is 11.8 Å². The number of rotatable bonds is 63. The molecule has 0 saturated carbocycles. The van der Waals surface area contributed by atoms with Crippen molar-refractivity contribution in [2.75, 3.05) is 26.4 Å². The number of carboxylic acids is 1. The molecule has 0 aliphatic carbocycles. The molecule has 3 saturated heterocycles. The Balaban J connectivity index is 1.48. The first kappa shape index (κ1) is 91.7. The summed E-state index contributed by atoms with van der Waals surface area (Å²) in [5.74, 6) is -6.09. The molecule has 0 aromatic carbocycles. The van der Waals surface area contributed by atoms with Crippen molar-refractivity contribution in [3.63, 3.8) is 0 Å². The molecule has 23 heteroatoms. The van der Waals surface area contributed by atoms with E-state index >= 15 is 0 Å². The normalized spacial score (nSPS) is 27.0. The van der Waals surface area contributed by atoms with Crippen molar-refractivity contribution in [3.8, 4) is 0 Å². The van der Waals surface area contributed by atoms with Crippen LogP contribution in [0.25, 0.3) is 0 Å². The van der Waals surface area contributed by atoms with Crippen LogP contribution in [0, 0.1) is 0 Å². The van der Waals surface area contributed by atoms with E-state index in [2.05, 4.69) is 36.6 Å². The molecule has 0 spiro atoms. The Kier molecular flexibility index (Phi) is 52.0. The van der Waals surface area contributed by atoms with E-state index in [0.717, 1.165) is 58.3 Å². The van der Waals surface area contributed by atoms with Crippen molar-refractivity contribution in [1.29, 1.82) is 0 Å². The molecule has 0 radical (unpaired) electrons. The van der Waals surface area contributed by atoms with Crippen molar-refractivity contribution in [3.05, 3.63) is 12.2 Å². The summed E-state index contributed by atoms with van der Waals surface area (Å²) in [7, 11) is 0. The van der Waals surface area contributed by atoms with E-state index in [-0.39, 0.29) is 18.9 Å². The van der Waals surface area contributed by atoms with Crippen molar-refractivity contribution in [1.82, 2.24) is 10.6 Å². The number of amides is 2. The molecule has 2 amide bonds. The van der Waals surface area contributed by atoms with E-state index in [1.54, 1.807) is 0 Å². The molecule has 0 aromatic heterocycles. The average molecular weight is 1430 g/mol. The van der Waals surface area contributed by atoms with Crippen molar-refractivity contribution in [2.45, 2.75) is 432 Å². The lowest BCUT2D eigenvalue weighted by Crippen LogP contribution is -2.70. The fourth-order valence-electron chi connectivity index (χ4n) is 14.1. The molecule has 3 fully saturated rings. The van der Waals surface area contributed by atoms with Crippen LogP contribution in [0.1, 0.15) is 323 Å². The van der Waals surface area contributed by atoms with Crippen molar-refractivity contribution in [2.24, 2.45) is 0 Å². The molecule has 3 aliphatic heterocycles. The first-order chi connectivity index (χ1) is 48.4. The van der Waals surface area contributed by atoms with Gasteiger partial charge in [0.05, 0.1) is 50.7 Å². The van der Waals surface area contributed by atoms with E-state index in [4.69, 9.17) is 28.4 Å². The third kappa shape index (κ3) is 37.1. The molecular weight excluding hydrogens is 1290 g/mol. The third-order valence-electron chi connectivity index (χ3n) is 20.5. The maximum Gasteiger partial charge on any atom is 0.364 e. The minimum absolute atomic E-state index is 0.226. The Morgan fingerprint density at radius 2 is 0.930 bits per heavy atom. The zero-order valence-electron chi connectivity index (χ0n) is 62.1. The van der Waals surface area contributed by atoms with Gasteiger partial charge in [0.25, 0.3) is 5.79 Å². The van der Waals surface area contributed by atoms with Crippen LogP contribution in [0.15, 0.2) is 12.2 Å². The average Bonchev–Trinajstić information content (AvgIpc) is 0.757. The minimum Gasteiger partial charge on any atom is -0.477 e. The van der Waals surface area contributed by atoms with Crippen LogP contribution in [0.3, 0.4) is 0 Å². The van der Waals surface area contributed by atoms with Gasteiger partial charge in [-0.3, -0.25) is 9.59 Å². The van der Waals surface area contributed by atoms with Gasteiger partial charge < -0.3 is 100 Å². The van der Waals surface area contributed by atoms with E-state index < -0.39 is 148 Å². The molecule has 100 heavy (non-hydrogen) atoms. The standard InChI is InChI=1S/C77H144N2O21/c1-4-6-8-10-12-14-16-18-20-22-23-24-25-26-27-28-29-30-31-32-33-34-35-37-39-41-43-45-47-49-51-64(87)79-58(59(84)50-48-46-44-42-40-38-36-21-19-17-15-13-11-9-7-5-2)56-95-74-69(91)68(90)71(63(55-82)97-74)98-75-70(92)73(67(89)62(54-81)96-75)100-77(76(93)94)52-60(85)65(78-57(3)83)72(99-77)66(88)61(86)53-80/h26-27,58-63,65-75,80-82,84-86,88-92H,4-25,28-56H2,1-3H3,(H,78,83)(H,79,87)(H,93,94)/b27-26-. The highest BCUT2D eigenvalue weighted by Crippen LogP contribution is 2.39. The first-order valence-corrected chi connectivity index (χ1v) is 40.0. The molecule has 3 aliphatic rings. The molecular formula is C77H144N2O21. The van der Waals surface area contributed by atoms with Crippen molar-refractivity contribution >= 4 is 17.8 Å². The van der Waals surface area contributed by atoms with Gasteiger partial charge in [0.1, 0.15) is 67.1 Å². The van der Waals surface area contributed by atoms with Crippen LogP contribution in [0.2, 0.25) is 0 Å². The smallest absolute Gasteiger partial charge is 0.364 e. The lowest BCUT2D eigenvalue weighted by molar-refractivity contribution is -0.386. The van der Waals surface area contributed by atoms with E-state index in [1.807, 2.05) is 0 Å². The van der Waals surface area contributed by atoms with Gasteiger partial charge in [-0.05, 0) is 38.5 Å². The summed E-state index contributed by atoms with van der Waals surface area (Å²) in [4.78, 5) is 38.7. The van der Waals surface area contributed by atoms with Gasteiger partial charge in [0, 0.05) is 19.8 Å². The number of carboxylic acid groups (broad SMARTS) is 1. The number of carbonyl (C=O) groups excluding carboxylic acids is 2. The SMILES string of the molecule is CCCCCCCCCCCCCC/C=C\CCCCCCCCCCCCCCCCC(=O)NC(COC1OC(CO)C(OC2OC(CO)C(O)C(OC3(C(=O)O)CC(O)C(NC(C)=O)C(C(O)C(O)CO)O3)C2O)C(O)C1O)C(O)CCCCCCCCCCCCCCCCCC. The third-order valence-corrected chi connectivity index (χ3v) is 20.5. The molecule has 588 valence electrons. The maximum absolute atomic E-state index is 13.5. The molecule has 3 heterocycles. The Hall–Kier alpha value is -2.53. The Bertz CT molecular complexity index is 2050. The van der Waals surface area contributed by atoms with Gasteiger partial charge in [-0.2, -0.15) is 0 Å².